The SMILES string of the molecule is CN(C)[C@H]1CSC2C(c3ccc(F)cc3F)C(C(F)(F)F)CC3CNCN(C1)C32. The molecule has 0 radical (unpaired) electrons. The van der Waals surface area contributed by atoms with Crippen LogP contribution in [-0.4, -0.2) is 72.9 Å². The fourth-order valence-electron chi connectivity index (χ4n) is 5.28. The monoisotopic (exact) mass is 435 g/mol. The molecule has 9 heteroatoms. The number of nitrogens with zero attached hydrogens (tertiary/aromatic N) is 2. The van der Waals surface area contributed by atoms with E-state index in [2.05, 4.69) is 15.1 Å². The molecule has 0 amide bonds. The van der Waals surface area contributed by atoms with Gasteiger partial charge in [0.05, 0.1) is 5.92 Å². The number of halogens is 5. The predicted molar refractivity (Wildman–Crippen MR) is 104 cm³/mol. The van der Waals surface area contributed by atoms with Gasteiger partial charge in [0.1, 0.15) is 11.6 Å². The maximum atomic E-state index is 14.7. The van der Waals surface area contributed by atoms with Crippen LogP contribution in [0, 0.1) is 23.5 Å². The van der Waals surface area contributed by atoms with Crippen LogP contribution in [0.3, 0.4) is 0 Å². The minimum atomic E-state index is -4.44. The third kappa shape index (κ3) is 4.03. The highest BCUT2D eigenvalue weighted by molar-refractivity contribution is 8.00. The second kappa shape index (κ2) is 7.98. The Morgan fingerprint density at radius 3 is 2.62 bits per heavy atom. The topological polar surface area (TPSA) is 18.5 Å². The van der Waals surface area contributed by atoms with Crippen molar-refractivity contribution in [2.24, 2.45) is 11.8 Å². The van der Waals surface area contributed by atoms with Crippen LogP contribution >= 0.6 is 11.8 Å². The summed E-state index contributed by atoms with van der Waals surface area (Å²) in [5, 5.41) is 2.88. The predicted octanol–water partition coefficient (Wildman–Crippen LogP) is 3.52. The lowest BCUT2D eigenvalue weighted by Gasteiger charge is -2.53. The zero-order chi connectivity index (χ0) is 20.9. The van der Waals surface area contributed by atoms with Gasteiger partial charge in [0.15, 0.2) is 0 Å². The second-order valence-electron chi connectivity index (χ2n) is 8.63. The van der Waals surface area contributed by atoms with E-state index in [-0.39, 0.29) is 30.0 Å². The van der Waals surface area contributed by atoms with Crippen LogP contribution in [0.4, 0.5) is 22.0 Å². The Hall–Kier alpha value is -0.900. The molecule has 3 fully saturated rings. The van der Waals surface area contributed by atoms with Gasteiger partial charge in [-0.1, -0.05) is 6.07 Å². The molecule has 3 nitrogen and oxygen atoms in total. The van der Waals surface area contributed by atoms with Crippen molar-refractivity contribution < 1.29 is 22.0 Å². The van der Waals surface area contributed by atoms with E-state index in [4.69, 9.17) is 0 Å². The number of hydrogen-bond donors (Lipinski definition) is 1. The van der Waals surface area contributed by atoms with Gasteiger partial charge in [0.25, 0.3) is 0 Å². The lowest BCUT2D eigenvalue weighted by atomic mass is 9.67. The Bertz CT molecular complexity index is 743. The van der Waals surface area contributed by atoms with Crippen LogP contribution in [0.5, 0.6) is 0 Å². The van der Waals surface area contributed by atoms with Crippen molar-refractivity contribution in [1.29, 1.82) is 0 Å². The molecule has 162 valence electrons. The first-order valence-electron chi connectivity index (χ1n) is 9.91. The molecule has 1 saturated carbocycles. The molecule has 6 atom stereocenters. The summed E-state index contributed by atoms with van der Waals surface area (Å²) in [6, 6.07) is 3.14. The lowest BCUT2D eigenvalue weighted by molar-refractivity contribution is -0.196. The van der Waals surface area contributed by atoms with Gasteiger partial charge in [0, 0.05) is 54.8 Å². The Balaban J connectivity index is 1.79. The highest BCUT2D eigenvalue weighted by Crippen LogP contribution is 2.54. The van der Waals surface area contributed by atoms with Crippen LogP contribution in [0.15, 0.2) is 18.2 Å². The number of alkyl halides is 3. The van der Waals surface area contributed by atoms with Gasteiger partial charge in [-0.2, -0.15) is 24.9 Å². The number of thioether (sulfide) groups is 1. The summed E-state index contributed by atoms with van der Waals surface area (Å²) in [5.74, 6) is -3.78. The molecule has 0 aromatic heterocycles. The van der Waals surface area contributed by atoms with Crippen LogP contribution < -0.4 is 5.32 Å². The Morgan fingerprint density at radius 2 is 1.97 bits per heavy atom. The first-order valence-corrected chi connectivity index (χ1v) is 11.0. The number of benzene rings is 1. The van der Waals surface area contributed by atoms with Crippen molar-refractivity contribution in [3.8, 4) is 0 Å². The maximum Gasteiger partial charge on any atom is 0.392 e. The van der Waals surface area contributed by atoms with Crippen molar-refractivity contribution in [3.63, 3.8) is 0 Å². The van der Waals surface area contributed by atoms with Gasteiger partial charge >= 0.3 is 6.18 Å². The van der Waals surface area contributed by atoms with Gasteiger partial charge in [-0.25, -0.2) is 8.78 Å². The summed E-state index contributed by atoms with van der Waals surface area (Å²) in [6.45, 7) is 1.92. The molecule has 4 rings (SSSR count). The van der Waals surface area contributed by atoms with E-state index < -0.39 is 34.9 Å². The molecule has 1 N–H and O–H groups in total. The molecule has 1 aliphatic carbocycles. The van der Waals surface area contributed by atoms with Gasteiger partial charge in [-0.05, 0) is 38.1 Å². The van der Waals surface area contributed by atoms with Gasteiger partial charge in [-0.15, -0.1) is 0 Å². The third-order valence-electron chi connectivity index (χ3n) is 6.71. The molecule has 1 aromatic rings. The number of nitrogens with one attached hydrogen (secondary N) is 1. The largest absolute Gasteiger partial charge is 0.392 e. The zero-order valence-electron chi connectivity index (χ0n) is 16.4. The molecule has 0 bridgehead atoms. The summed E-state index contributed by atoms with van der Waals surface area (Å²) in [5.41, 5.74) is -0.00791. The molecule has 2 heterocycles. The van der Waals surface area contributed by atoms with Crippen LogP contribution in [0.1, 0.15) is 17.9 Å². The molecule has 2 saturated heterocycles. The smallest absolute Gasteiger partial charge is 0.304 e. The molecular formula is C20H26F5N3S. The number of rotatable bonds is 2. The fourth-order valence-corrected chi connectivity index (χ4v) is 7.26. The normalized spacial score (nSPS) is 36.0. The summed E-state index contributed by atoms with van der Waals surface area (Å²) >= 11 is 1.53. The fraction of sp³-hybridized carbons (Fsp3) is 0.700. The van der Waals surface area contributed by atoms with E-state index in [0.29, 0.717) is 25.0 Å². The zero-order valence-corrected chi connectivity index (χ0v) is 17.2. The molecule has 3 aliphatic rings. The van der Waals surface area contributed by atoms with Gasteiger partial charge in [-0.3, -0.25) is 4.90 Å². The highest BCUT2D eigenvalue weighted by atomic mass is 32.2. The van der Waals surface area contributed by atoms with E-state index in [0.717, 1.165) is 12.6 Å². The quantitative estimate of drug-likeness (QED) is 0.717. The third-order valence-corrected chi connectivity index (χ3v) is 8.24. The van der Waals surface area contributed by atoms with E-state index in [1.165, 1.54) is 17.8 Å². The minimum absolute atomic E-state index is 0.00791. The summed E-state index contributed by atoms with van der Waals surface area (Å²) in [4.78, 5) is 4.34. The Kier molecular flexibility index (Phi) is 5.87. The van der Waals surface area contributed by atoms with E-state index in [9.17, 15) is 22.0 Å². The first-order chi connectivity index (χ1) is 13.7. The van der Waals surface area contributed by atoms with Gasteiger partial charge in [0.2, 0.25) is 0 Å². The number of likely N-dealkylation sites (N-methyl/N-ethyl adjacent to an activating group) is 1. The Labute approximate surface area is 172 Å². The summed E-state index contributed by atoms with van der Waals surface area (Å²) in [7, 11) is 3.95. The summed E-state index contributed by atoms with van der Waals surface area (Å²) < 4.78 is 70.6. The average Bonchev–Trinajstić information content (AvgIpc) is 2.83. The van der Waals surface area contributed by atoms with E-state index in [1.807, 2.05) is 14.1 Å². The van der Waals surface area contributed by atoms with Crippen molar-refractivity contribution in [1.82, 2.24) is 15.1 Å². The molecule has 0 spiro atoms. The number of hydrogen-bond acceptors (Lipinski definition) is 4. The molecule has 5 unspecified atom stereocenters. The van der Waals surface area contributed by atoms with Crippen LogP contribution in [0.2, 0.25) is 0 Å². The maximum absolute atomic E-state index is 14.7. The molecule has 1 aromatic carbocycles. The first kappa shape index (κ1) is 21.3. The van der Waals surface area contributed by atoms with Gasteiger partial charge < -0.3 is 10.2 Å². The van der Waals surface area contributed by atoms with E-state index >= 15 is 0 Å². The van der Waals surface area contributed by atoms with Crippen molar-refractivity contribution in [2.75, 3.05) is 39.6 Å². The second-order valence-corrected chi connectivity index (χ2v) is 9.84. The minimum Gasteiger partial charge on any atom is -0.304 e. The Morgan fingerprint density at radius 1 is 1.21 bits per heavy atom. The summed E-state index contributed by atoms with van der Waals surface area (Å²) in [6.07, 6.45) is -4.48. The van der Waals surface area contributed by atoms with Crippen molar-refractivity contribution >= 4 is 11.8 Å². The van der Waals surface area contributed by atoms with Crippen molar-refractivity contribution in [3.05, 3.63) is 35.4 Å². The standard InChI is InChI=1S/C20H26F5N3S/c1-27(2)13-8-28-10-26-7-11-5-15(20(23,24)25)17(19(18(11)28)29-9-13)14-4-3-12(21)6-16(14)22/h3-4,6,11,13,15,17-19,26H,5,7-10H2,1-2H3/t11?,13-,15?,17?,18?,19?/m1/s1. The molecular weight excluding hydrogens is 409 g/mol. The highest BCUT2D eigenvalue weighted by Gasteiger charge is 2.58. The average molecular weight is 436 g/mol. The molecule has 29 heavy (non-hydrogen) atoms. The van der Waals surface area contributed by atoms with Crippen LogP contribution in [-0.2, 0) is 0 Å². The van der Waals surface area contributed by atoms with E-state index in [1.54, 1.807) is 0 Å². The van der Waals surface area contributed by atoms with Crippen LogP contribution in [0.25, 0.3) is 0 Å². The lowest BCUT2D eigenvalue weighted by Crippen LogP contribution is -2.63. The van der Waals surface area contributed by atoms with Crippen molar-refractivity contribution in [2.45, 2.75) is 35.8 Å². The molecule has 2 aliphatic heterocycles.